The molecule has 0 bridgehead atoms. The lowest BCUT2D eigenvalue weighted by Crippen LogP contribution is -1.86. The topological polar surface area (TPSA) is 17.8 Å². The van der Waals surface area contributed by atoms with Crippen LogP contribution in [-0.2, 0) is 7.05 Å². The van der Waals surface area contributed by atoms with E-state index in [2.05, 4.69) is 50.4 Å². The second-order valence-corrected chi connectivity index (χ2v) is 4.71. The third kappa shape index (κ3) is 5.05. The maximum Gasteiger partial charge on any atom is 0.105 e. The Hall–Kier alpha value is -0.790. The Balaban J connectivity index is 0.000000364. The second kappa shape index (κ2) is 5.84. The van der Waals surface area contributed by atoms with Crippen LogP contribution in [0.5, 0.6) is 0 Å². The van der Waals surface area contributed by atoms with Gasteiger partial charge in [0.2, 0.25) is 0 Å². The maximum atomic E-state index is 4.37. The summed E-state index contributed by atoms with van der Waals surface area (Å²) in [6, 6.07) is 0. The van der Waals surface area contributed by atoms with Gasteiger partial charge in [0.15, 0.2) is 0 Å². The molecule has 0 spiro atoms. The van der Waals surface area contributed by atoms with Crippen molar-refractivity contribution in [3.63, 3.8) is 0 Å². The summed E-state index contributed by atoms with van der Waals surface area (Å²) < 4.78 is 2.05. The molecule has 1 heterocycles. The van der Waals surface area contributed by atoms with Crippen molar-refractivity contribution in [2.75, 3.05) is 0 Å². The van der Waals surface area contributed by atoms with Gasteiger partial charge in [0.05, 0.1) is 5.69 Å². The molecule has 0 aliphatic rings. The highest BCUT2D eigenvalue weighted by Crippen LogP contribution is 2.11. The van der Waals surface area contributed by atoms with E-state index in [4.69, 9.17) is 0 Å². The molecule has 1 rings (SSSR count). The van der Waals surface area contributed by atoms with Crippen LogP contribution >= 0.6 is 0 Å². The Morgan fingerprint density at radius 2 is 1.57 bits per heavy atom. The largest absolute Gasteiger partial charge is 0.338 e. The van der Waals surface area contributed by atoms with Gasteiger partial charge < -0.3 is 4.57 Å². The van der Waals surface area contributed by atoms with E-state index in [9.17, 15) is 0 Å². The minimum Gasteiger partial charge on any atom is -0.338 e. The Labute approximate surface area is 88.4 Å². The fourth-order valence-electron chi connectivity index (χ4n) is 0.865. The lowest BCUT2D eigenvalue weighted by molar-refractivity contribution is 0.737. The molecule has 0 N–H and O–H groups in total. The molecule has 0 radical (unpaired) electrons. The van der Waals surface area contributed by atoms with Crippen LogP contribution in [0.15, 0.2) is 6.20 Å². The molecule has 0 fully saturated rings. The number of hydrogen-bond donors (Lipinski definition) is 0. The summed E-state index contributed by atoms with van der Waals surface area (Å²) in [6.07, 6.45) is 2.08. The zero-order valence-electron chi connectivity index (χ0n) is 10.6. The van der Waals surface area contributed by atoms with Gasteiger partial charge in [-0.3, -0.25) is 0 Å². The van der Waals surface area contributed by atoms with Crippen LogP contribution in [0.1, 0.15) is 52.1 Å². The van der Waals surface area contributed by atoms with E-state index >= 15 is 0 Å². The zero-order valence-corrected chi connectivity index (χ0v) is 10.6. The predicted molar refractivity (Wildman–Crippen MR) is 62.5 cm³/mol. The molecule has 0 aliphatic heterocycles. The van der Waals surface area contributed by atoms with Crippen molar-refractivity contribution >= 4 is 0 Å². The molecular weight excluding hydrogens is 172 g/mol. The minimum absolute atomic E-state index is 0.542. The van der Waals surface area contributed by atoms with Gasteiger partial charge in [-0.05, 0) is 18.8 Å². The van der Waals surface area contributed by atoms with Crippen LogP contribution < -0.4 is 0 Å². The summed E-state index contributed by atoms with van der Waals surface area (Å²) in [5, 5.41) is 0. The van der Waals surface area contributed by atoms with Crippen molar-refractivity contribution in [2.24, 2.45) is 13.0 Å². The third-order valence-corrected chi connectivity index (χ3v) is 1.72. The standard InChI is InChI=1S/C8H14N2.C4H10/c1-6(2)8-5-10(4)7(3)9-8;1-4(2)3/h5-6H,1-4H3;4H,1-3H3. The molecular formula is C12H24N2. The summed E-state index contributed by atoms with van der Waals surface area (Å²) in [5.41, 5.74) is 1.18. The highest BCUT2D eigenvalue weighted by atomic mass is 15.0. The molecule has 0 amide bonds. The summed E-state index contributed by atoms with van der Waals surface area (Å²) in [6.45, 7) is 12.8. The Morgan fingerprint density at radius 1 is 1.14 bits per heavy atom. The van der Waals surface area contributed by atoms with Crippen LogP contribution in [0.4, 0.5) is 0 Å². The molecule has 0 unspecified atom stereocenters. The molecule has 0 atom stereocenters. The van der Waals surface area contributed by atoms with Gasteiger partial charge in [-0.25, -0.2) is 4.98 Å². The van der Waals surface area contributed by atoms with Crippen LogP contribution in [0.25, 0.3) is 0 Å². The number of imidazole rings is 1. The summed E-state index contributed by atoms with van der Waals surface area (Å²) in [5.74, 6) is 2.46. The Kier molecular flexibility index (Phi) is 5.51. The maximum absolute atomic E-state index is 4.37. The smallest absolute Gasteiger partial charge is 0.105 e. The van der Waals surface area contributed by atoms with Gasteiger partial charge in [-0.1, -0.05) is 34.6 Å². The third-order valence-electron chi connectivity index (χ3n) is 1.72. The minimum atomic E-state index is 0.542. The van der Waals surface area contributed by atoms with E-state index in [1.165, 1.54) is 5.69 Å². The highest BCUT2D eigenvalue weighted by molar-refractivity contribution is 5.06. The molecule has 0 aromatic carbocycles. The molecule has 0 saturated carbocycles. The Bertz CT molecular complexity index is 237. The van der Waals surface area contributed by atoms with Crippen molar-refractivity contribution in [3.8, 4) is 0 Å². The van der Waals surface area contributed by atoms with Crippen molar-refractivity contribution < 1.29 is 0 Å². The lowest BCUT2D eigenvalue weighted by atomic mass is 10.2. The van der Waals surface area contributed by atoms with E-state index in [1.54, 1.807) is 0 Å². The SMILES string of the molecule is CC(C)C.Cc1nc(C(C)C)cn1C. The fraction of sp³-hybridized carbons (Fsp3) is 0.750. The zero-order chi connectivity index (χ0) is 11.3. The average molecular weight is 196 g/mol. The van der Waals surface area contributed by atoms with Gasteiger partial charge in [0.25, 0.3) is 0 Å². The fourth-order valence-corrected chi connectivity index (χ4v) is 0.865. The van der Waals surface area contributed by atoms with E-state index in [1.807, 2.05) is 14.0 Å². The van der Waals surface area contributed by atoms with Crippen LogP contribution in [0.3, 0.4) is 0 Å². The monoisotopic (exact) mass is 196 g/mol. The first-order valence-electron chi connectivity index (χ1n) is 5.34. The number of rotatable bonds is 1. The quantitative estimate of drug-likeness (QED) is 0.672. The van der Waals surface area contributed by atoms with Crippen molar-refractivity contribution in [3.05, 3.63) is 17.7 Å². The first-order valence-corrected chi connectivity index (χ1v) is 5.34. The van der Waals surface area contributed by atoms with E-state index in [0.29, 0.717) is 5.92 Å². The van der Waals surface area contributed by atoms with Crippen LogP contribution in [0.2, 0.25) is 0 Å². The molecule has 0 aliphatic carbocycles. The summed E-state index contributed by atoms with van der Waals surface area (Å²) in [4.78, 5) is 4.37. The van der Waals surface area contributed by atoms with Gasteiger partial charge in [-0.2, -0.15) is 0 Å². The van der Waals surface area contributed by atoms with Crippen molar-refractivity contribution in [1.29, 1.82) is 0 Å². The van der Waals surface area contributed by atoms with E-state index < -0.39 is 0 Å². The highest BCUT2D eigenvalue weighted by Gasteiger charge is 2.03. The van der Waals surface area contributed by atoms with Crippen molar-refractivity contribution in [2.45, 2.75) is 47.5 Å². The summed E-state index contributed by atoms with van der Waals surface area (Å²) in [7, 11) is 2.02. The molecule has 2 nitrogen and oxygen atoms in total. The van der Waals surface area contributed by atoms with Crippen LogP contribution in [0, 0.1) is 12.8 Å². The first kappa shape index (κ1) is 13.2. The molecule has 2 heteroatoms. The average Bonchev–Trinajstić information content (AvgIpc) is 2.31. The van der Waals surface area contributed by atoms with E-state index in [0.717, 1.165) is 11.7 Å². The Morgan fingerprint density at radius 3 is 1.71 bits per heavy atom. The molecule has 82 valence electrons. The van der Waals surface area contributed by atoms with Gasteiger partial charge in [0.1, 0.15) is 5.82 Å². The molecule has 1 aromatic heterocycles. The summed E-state index contributed by atoms with van der Waals surface area (Å²) >= 11 is 0. The molecule has 14 heavy (non-hydrogen) atoms. The number of nitrogens with zero attached hydrogens (tertiary/aromatic N) is 2. The van der Waals surface area contributed by atoms with Crippen molar-refractivity contribution in [1.82, 2.24) is 9.55 Å². The van der Waals surface area contributed by atoms with Gasteiger partial charge in [-0.15, -0.1) is 0 Å². The normalized spacial score (nSPS) is 10.4. The number of aromatic nitrogens is 2. The number of hydrogen-bond acceptors (Lipinski definition) is 1. The van der Waals surface area contributed by atoms with Crippen LogP contribution in [-0.4, -0.2) is 9.55 Å². The van der Waals surface area contributed by atoms with Gasteiger partial charge in [0, 0.05) is 13.2 Å². The van der Waals surface area contributed by atoms with E-state index in [-0.39, 0.29) is 0 Å². The predicted octanol–water partition coefficient (Wildman–Crippen LogP) is 3.51. The second-order valence-electron chi connectivity index (χ2n) is 4.71. The molecule has 0 saturated heterocycles. The first-order chi connectivity index (χ1) is 6.34. The molecule has 1 aromatic rings. The van der Waals surface area contributed by atoms with Gasteiger partial charge >= 0.3 is 0 Å². The lowest BCUT2D eigenvalue weighted by Gasteiger charge is -1.95. The number of aryl methyl sites for hydroxylation is 2.